The monoisotopic (exact) mass is 295 g/mol. The van der Waals surface area contributed by atoms with Crippen LogP contribution in [-0.4, -0.2) is 5.60 Å². The van der Waals surface area contributed by atoms with Crippen LogP contribution >= 0.6 is 0 Å². The molecule has 3 rings (SSSR count). The van der Waals surface area contributed by atoms with Crippen LogP contribution in [0.1, 0.15) is 53.1 Å². The number of ether oxygens (including phenoxy) is 1. The van der Waals surface area contributed by atoms with Crippen LogP contribution < -0.4 is 10.5 Å². The van der Waals surface area contributed by atoms with Crippen molar-refractivity contribution in [1.82, 2.24) is 0 Å². The van der Waals surface area contributed by atoms with Gasteiger partial charge in [0.25, 0.3) is 0 Å². The molecule has 22 heavy (non-hydrogen) atoms. The molecule has 0 fully saturated rings. The summed E-state index contributed by atoms with van der Waals surface area (Å²) in [4.78, 5) is 0. The van der Waals surface area contributed by atoms with Crippen molar-refractivity contribution in [3.63, 3.8) is 0 Å². The molecule has 0 saturated carbocycles. The molecule has 2 N–H and O–H groups in total. The Morgan fingerprint density at radius 3 is 2.27 bits per heavy atom. The highest BCUT2D eigenvalue weighted by Crippen LogP contribution is 2.51. The van der Waals surface area contributed by atoms with Crippen molar-refractivity contribution in [2.75, 3.05) is 0 Å². The quantitative estimate of drug-likeness (QED) is 0.892. The highest BCUT2D eigenvalue weighted by Gasteiger charge is 2.43. The fourth-order valence-electron chi connectivity index (χ4n) is 3.65. The lowest BCUT2D eigenvalue weighted by molar-refractivity contribution is 0.121. The molecule has 2 heteroatoms. The minimum Gasteiger partial charge on any atom is -0.486 e. The van der Waals surface area contributed by atoms with E-state index in [0.29, 0.717) is 6.54 Å². The zero-order chi connectivity index (χ0) is 16.1. The first-order valence-electron chi connectivity index (χ1n) is 7.93. The molecule has 1 aliphatic rings. The van der Waals surface area contributed by atoms with Gasteiger partial charge in [-0.2, -0.15) is 0 Å². The van der Waals surface area contributed by atoms with Crippen molar-refractivity contribution < 1.29 is 4.74 Å². The van der Waals surface area contributed by atoms with Crippen LogP contribution in [0.5, 0.6) is 5.75 Å². The Bertz CT molecular complexity index is 713. The highest BCUT2D eigenvalue weighted by atomic mass is 16.5. The minimum absolute atomic E-state index is 0.240. The average molecular weight is 295 g/mol. The van der Waals surface area contributed by atoms with Gasteiger partial charge in [-0.15, -0.1) is 0 Å². The second-order valence-corrected chi connectivity index (χ2v) is 6.96. The molecule has 0 aliphatic carbocycles. The highest BCUT2D eigenvalue weighted by molar-refractivity contribution is 5.58. The van der Waals surface area contributed by atoms with E-state index in [4.69, 9.17) is 10.5 Å². The molecule has 1 atom stereocenters. The summed E-state index contributed by atoms with van der Waals surface area (Å²) in [5.74, 6) is 1.34. The molecule has 2 nitrogen and oxygen atoms in total. The van der Waals surface area contributed by atoms with Gasteiger partial charge in [0.2, 0.25) is 0 Å². The minimum atomic E-state index is -0.240. The van der Waals surface area contributed by atoms with Crippen molar-refractivity contribution in [2.45, 2.75) is 52.7 Å². The molecule has 1 aliphatic heterocycles. The van der Waals surface area contributed by atoms with E-state index in [0.717, 1.165) is 11.3 Å². The number of rotatable bonds is 2. The van der Waals surface area contributed by atoms with Gasteiger partial charge in [-0.3, -0.25) is 0 Å². The molecular weight excluding hydrogens is 270 g/mol. The van der Waals surface area contributed by atoms with Gasteiger partial charge in [-0.1, -0.05) is 30.3 Å². The first-order chi connectivity index (χ1) is 10.3. The Balaban J connectivity index is 2.18. The van der Waals surface area contributed by atoms with Gasteiger partial charge in [0.1, 0.15) is 11.4 Å². The van der Waals surface area contributed by atoms with Gasteiger partial charge in [-0.25, -0.2) is 0 Å². The van der Waals surface area contributed by atoms with Gasteiger partial charge < -0.3 is 10.5 Å². The predicted molar refractivity (Wildman–Crippen MR) is 91.5 cm³/mol. The molecule has 116 valence electrons. The maximum atomic E-state index is 6.39. The Labute approximate surface area is 133 Å². The zero-order valence-corrected chi connectivity index (χ0v) is 14.2. The average Bonchev–Trinajstić information content (AvgIpc) is 2.77. The van der Waals surface area contributed by atoms with Crippen LogP contribution in [0, 0.1) is 20.8 Å². The first-order valence-corrected chi connectivity index (χ1v) is 7.93. The van der Waals surface area contributed by atoms with Gasteiger partial charge >= 0.3 is 0 Å². The molecular formula is C20H25NO. The van der Waals surface area contributed by atoms with Crippen molar-refractivity contribution in [1.29, 1.82) is 0 Å². The van der Waals surface area contributed by atoms with E-state index in [1.165, 1.54) is 27.8 Å². The van der Waals surface area contributed by atoms with Crippen LogP contribution in [0.15, 0.2) is 30.3 Å². The fraction of sp³-hybridized carbons (Fsp3) is 0.400. The summed E-state index contributed by atoms with van der Waals surface area (Å²) in [6.45, 7) is 11.5. The lowest BCUT2D eigenvalue weighted by Gasteiger charge is -2.27. The number of benzene rings is 2. The van der Waals surface area contributed by atoms with E-state index in [-0.39, 0.29) is 11.5 Å². The maximum Gasteiger partial charge on any atom is 0.127 e. The van der Waals surface area contributed by atoms with Crippen LogP contribution in [0.25, 0.3) is 0 Å². The van der Waals surface area contributed by atoms with E-state index < -0.39 is 0 Å². The van der Waals surface area contributed by atoms with Crippen molar-refractivity contribution in [3.05, 3.63) is 63.7 Å². The standard InChI is InChI=1S/C20H25NO/c1-12-10-13(2)17-18(16-8-6-15(11-21)7-9-16)20(4,5)22-19(17)14(12)3/h6-10,18H,11,21H2,1-5H3. The molecule has 0 radical (unpaired) electrons. The van der Waals surface area contributed by atoms with E-state index >= 15 is 0 Å². The van der Waals surface area contributed by atoms with Crippen LogP contribution in [0.3, 0.4) is 0 Å². The Morgan fingerprint density at radius 1 is 1.05 bits per heavy atom. The lowest BCUT2D eigenvalue weighted by atomic mass is 9.79. The molecule has 2 aromatic carbocycles. The third kappa shape index (κ3) is 2.22. The first kappa shape index (κ1) is 15.1. The Kier molecular flexibility index (Phi) is 3.53. The summed E-state index contributed by atoms with van der Waals surface area (Å²) < 4.78 is 6.39. The van der Waals surface area contributed by atoms with Gasteiger partial charge in [-0.05, 0) is 62.4 Å². The Hall–Kier alpha value is -1.80. The second kappa shape index (κ2) is 5.13. The van der Waals surface area contributed by atoms with Gasteiger partial charge in [0, 0.05) is 12.1 Å². The van der Waals surface area contributed by atoms with Crippen molar-refractivity contribution in [2.24, 2.45) is 5.73 Å². The van der Waals surface area contributed by atoms with Gasteiger partial charge in [0.05, 0.1) is 5.92 Å². The predicted octanol–water partition coefficient (Wildman–Crippen LogP) is 4.37. The molecule has 0 aromatic heterocycles. The third-order valence-corrected chi connectivity index (χ3v) is 4.93. The largest absolute Gasteiger partial charge is 0.486 e. The van der Waals surface area contributed by atoms with Crippen LogP contribution in [0.2, 0.25) is 0 Å². The number of aryl methyl sites for hydroxylation is 2. The summed E-state index contributed by atoms with van der Waals surface area (Å²) in [5, 5.41) is 0. The van der Waals surface area contributed by atoms with E-state index in [1.807, 2.05) is 0 Å². The number of hydrogen-bond acceptors (Lipinski definition) is 2. The fourth-order valence-corrected chi connectivity index (χ4v) is 3.65. The molecule has 0 saturated heterocycles. The summed E-state index contributed by atoms with van der Waals surface area (Å²) >= 11 is 0. The van der Waals surface area contributed by atoms with Crippen LogP contribution in [0.4, 0.5) is 0 Å². The van der Waals surface area contributed by atoms with E-state index in [1.54, 1.807) is 0 Å². The topological polar surface area (TPSA) is 35.2 Å². The zero-order valence-electron chi connectivity index (χ0n) is 14.2. The summed E-state index contributed by atoms with van der Waals surface area (Å²) in [5.41, 5.74) is 13.2. The second-order valence-electron chi connectivity index (χ2n) is 6.96. The molecule has 1 heterocycles. The number of nitrogens with two attached hydrogens (primary N) is 1. The van der Waals surface area contributed by atoms with E-state index in [9.17, 15) is 0 Å². The molecule has 2 aromatic rings. The number of fused-ring (bicyclic) bond motifs is 1. The molecule has 0 amide bonds. The third-order valence-electron chi connectivity index (χ3n) is 4.93. The van der Waals surface area contributed by atoms with Crippen molar-refractivity contribution in [3.8, 4) is 5.75 Å². The van der Waals surface area contributed by atoms with Crippen molar-refractivity contribution >= 4 is 0 Å². The normalized spacial score (nSPS) is 18.9. The Morgan fingerprint density at radius 2 is 1.68 bits per heavy atom. The molecule has 0 bridgehead atoms. The van der Waals surface area contributed by atoms with Gasteiger partial charge in [0.15, 0.2) is 0 Å². The summed E-state index contributed by atoms with van der Waals surface area (Å²) in [7, 11) is 0. The summed E-state index contributed by atoms with van der Waals surface area (Å²) in [6, 6.07) is 10.9. The molecule has 1 unspecified atom stereocenters. The SMILES string of the molecule is Cc1cc(C)c2c(c1C)OC(C)(C)C2c1ccc(CN)cc1. The summed E-state index contributed by atoms with van der Waals surface area (Å²) in [6.07, 6.45) is 0. The maximum absolute atomic E-state index is 6.39. The lowest BCUT2D eigenvalue weighted by Crippen LogP contribution is -2.31. The smallest absolute Gasteiger partial charge is 0.127 e. The van der Waals surface area contributed by atoms with Crippen LogP contribution in [-0.2, 0) is 6.54 Å². The number of hydrogen-bond donors (Lipinski definition) is 1. The van der Waals surface area contributed by atoms with E-state index in [2.05, 4.69) is 65.0 Å². The molecule has 0 spiro atoms.